The van der Waals surface area contributed by atoms with E-state index in [1.165, 1.54) is 0 Å². The Balaban J connectivity index is 1.30. The molecule has 5 rings (SSSR count). The fraction of sp³-hybridized carbons (Fsp3) is 0.357. The van der Waals surface area contributed by atoms with Gasteiger partial charge in [0.15, 0.2) is 11.5 Å². The Kier molecular flexibility index (Phi) is 7.43. The summed E-state index contributed by atoms with van der Waals surface area (Å²) >= 11 is 0. The van der Waals surface area contributed by atoms with Crippen LogP contribution in [0.1, 0.15) is 43.4 Å². The van der Waals surface area contributed by atoms with Crippen LogP contribution in [0.4, 0.5) is 0 Å². The highest BCUT2D eigenvalue weighted by molar-refractivity contribution is 5.70. The topological polar surface area (TPSA) is 126 Å². The largest absolute Gasteiger partial charge is 0.481 e. The van der Waals surface area contributed by atoms with Crippen molar-refractivity contribution < 1.29 is 24.1 Å². The van der Waals surface area contributed by atoms with Crippen LogP contribution in [0.5, 0.6) is 0 Å². The van der Waals surface area contributed by atoms with Gasteiger partial charge in [-0.2, -0.15) is 4.98 Å². The summed E-state index contributed by atoms with van der Waals surface area (Å²) in [6.07, 6.45) is 2.46. The predicted octanol–water partition coefficient (Wildman–Crippen LogP) is 4.84. The van der Waals surface area contributed by atoms with Crippen molar-refractivity contribution in [1.29, 1.82) is 0 Å². The lowest BCUT2D eigenvalue weighted by molar-refractivity contribution is -0.143. The van der Waals surface area contributed by atoms with Gasteiger partial charge in [-0.1, -0.05) is 78.3 Å². The number of nitrogens with zero attached hydrogens (tertiary/aromatic N) is 4. The average molecular weight is 503 g/mol. The maximum atomic E-state index is 11.3. The quantitative estimate of drug-likeness (QED) is 0.330. The Bertz CT molecular complexity index is 1330. The van der Waals surface area contributed by atoms with Crippen LogP contribution in [-0.4, -0.2) is 56.0 Å². The number of aromatic nitrogens is 3. The van der Waals surface area contributed by atoms with Gasteiger partial charge in [0.1, 0.15) is 0 Å². The molecule has 1 unspecified atom stereocenters. The van der Waals surface area contributed by atoms with E-state index in [9.17, 15) is 15.0 Å². The summed E-state index contributed by atoms with van der Waals surface area (Å²) in [4.78, 5) is 17.9. The summed E-state index contributed by atoms with van der Waals surface area (Å²) in [6.45, 7) is 3.74. The van der Waals surface area contributed by atoms with Crippen LogP contribution in [-0.2, 0) is 11.2 Å². The molecule has 3 heterocycles. The number of aliphatic hydroxyl groups excluding tert-OH is 1. The van der Waals surface area contributed by atoms with Crippen molar-refractivity contribution in [2.75, 3.05) is 19.6 Å². The fourth-order valence-corrected chi connectivity index (χ4v) is 4.84. The van der Waals surface area contributed by atoms with E-state index in [4.69, 9.17) is 9.05 Å². The summed E-state index contributed by atoms with van der Waals surface area (Å²) in [5.74, 6) is 0.280. The predicted molar refractivity (Wildman–Crippen MR) is 136 cm³/mol. The minimum absolute atomic E-state index is 0.298. The minimum Gasteiger partial charge on any atom is -0.481 e. The molecule has 1 aliphatic heterocycles. The van der Waals surface area contributed by atoms with Gasteiger partial charge in [-0.05, 0) is 31.4 Å². The third-order valence-corrected chi connectivity index (χ3v) is 6.79. The lowest BCUT2D eigenvalue weighted by Gasteiger charge is -2.32. The highest BCUT2D eigenvalue weighted by Gasteiger charge is 2.27. The molecular formula is C28H30N4O5. The molecule has 0 saturated carbocycles. The number of hydrogen-bond donors (Lipinski definition) is 2. The molecule has 0 radical (unpaired) electrons. The van der Waals surface area contributed by atoms with Crippen LogP contribution >= 0.6 is 0 Å². The van der Waals surface area contributed by atoms with Crippen LogP contribution in [0.25, 0.3) is 34.3 Å². The Hall–Kier alpha value is -3.82. The Morgan fingerprint density at radius 3 is 2.59 bits per heavy atom. The number of benzene rings is 2. The summed E-state index contributed by atoms with van der Waals surface area (Å²) in [5.41, 5.74) is 3.93. The summed E-state index contributed by atoms with van der Waals surface area (Å²) in [6, 6.07) is 17.2. The number of aliphatic carboxylic acids is 1. The zero-order valence-corrected chi connectivity index (χ0v) is 20.7. The van der Waals surface area contributed by atoms with Crippen LogP contribution < -0.4 is 0 Å². The molecule has 1 aliphatic rings. The molecule has 192 valence electrons. The van der Waals surface area contributed by atoms with E-state index in [0.717, 1.165) is 48.1 Å². The highest BCUT2D eigenvalue weighted by atomic mass is 16.5. The second kappa shape index (κ2) is 11.1. The van der Waals surface area contributed by atoms with E-state index in [1.54, 1.807) is 0 Å². The number of carboxylic acid groups (broad SMARTS) is 1. The van der Waals surface area contributed by atoms with E-state index in [2.05, 4.69) is 22.2 Å². The van der Waals surface area contributed by atoms with Crippen molar-refractivity contribution in [2.45, 2.75) is 38.7 Å². The van der Waals surface area contributed by atoms with E-state index < -0.39 is 12.1 Å². The monoisotopic (exact) mass is 502 g/mol. The molecule has 2 aromatic carbocycles. The van der Waals surface area contributed by atoms with Gasteiger partial charge >= 0.3 is 5.97 Å². The zero-order valence-electron chi connectivity index (χ0n) is 20.7. The van der Waals surface area contributed by atoms with Crippen LogP contribution in [0.3, 0.4) is 0 Å². The summed E-state index contributed by atoms with van der Waals surface area (Å²) in [5, 5.41) is 28.4. The van der Waals surface area contributed by atoms with Crippen LogP contribution in [0.2, 0.25) is 0 Å². The molecule has 0 amide bonds. The van der Waals surface area contributed by atoms with Crippen molar-refractivity contribution in [2.24, 2.45) is 5.92 Å². The molecule has 9 nitrogen and oxygen atoms in total. The van der Waals surface area contributed by atoms with Crippen molar-refractivity contribution in [3.8, 4) is 34.3 Å². The van der Waals surface area contributed by atoms with Gasteiger partial charge in [-0.3, -0.25) is 9.69 Å². The van der Waals surface area contributed by atoms with E-state index in [1.807, 2.05) is 59.5 Å². The third kappa shape index (κ3) is 5.47. The smallest absolute Gasteiger partial charge is 0.307 e. The number of rotatable bonds is 9. The van der Waals surface area contributed by atoms with Crippen molar-refractivity contribution >= 4 is 5.97 Å². The zero-order chi connectivity index (χ0) is 25.8. The Morgan fingerprint density at radius 2 is 1.86 bits per heavy atom. The number of hydrogen-bond acceptors (Lipinski definition) is 8. The molecule has 1 fully saturated rings. The second-order valence-corrected chi connectivity index (χ2v) is 9.45. The molecule has 9 heteroatoms. The summed E-state index contributed by atoms with van der Waals surface area (Å²) < 4.78 is 11.2. The first-order valence-corrected chi connectivity index (χ1v) is 12.6. The number of piperidine rings is 1. The first-order chi connectivity index (χ1) is 18.0. The molecule has 0 bridgehead atoms. The Labute approximate surface area is 214 Å². The SMILES string of the molecule is CCCc1c(-c2nc(-c3ccc(C(O)CN4CCC[C@H](C(=O)O)C4)cc3)no2)noc1-c1ccccc1. The van der Waals surface area contributed by atoms with Crippen molar-refractivity contribution in [3.05, 3.63) is 65.7 Å². The van der Waals surface area contributed by atoms with Crippen LogP contribution in [0.15, 0.2) is 63.6 Å². The van der Waals surface area contributed by atoms with Crippen LogP contribution in [0, 0.1) is 5.92 Å². The van der Waals surface area contributed by atoms with E-state index >= 15 is 0 Å². The number of carboxylic acids is 1. The fourth-order valence-electron chi connectivity index (χ4n) is 4.84. The summed E-state index contributed by atoms with van der Waals surface area (Å²) in [7, 11) is 0. The lowest BCUT2D eigenvalue weighted by Crippen LogP contribution is -2.40. The van der Waals surface area contributed by atoms with Gasteiger partial charge in [0, 0.05) is 29.8 Å². The number of aliphatic hydroxyl groups is 1. The molecular weight excluding hydrogens is 472 g/mol. The molecule has 2 N–H and O–H groups in total. The number of β-amino-alcohol motifs (C(OH)–C–C–N with tert-alkyl or cyclic N) is 1. The minimum atomic E-state index is -0.772. The molecule has 4 aromatic rings. The maximum absolute atomic E-state index is 11.3. The van der Waals surface area contributed by atoms with Crippen molar-refractivity contribution in [1.82, 2.24) is 20.2 Å². The first-order valence-electron chi connectivity index (χ1n) is 12.6. The third-order valence-electron chi connectivity index (χ3n) is 6.79. The molecule has 0 aliphatic carbocycles. The van der Waals surface area contributed by atoms with Gasteiger partial charge in [0.25, 0.3) is 5.89 Å². The average Bonchev–Trinajstić information content (AvgIpc) is 3.57. The van der Waals surface area contributed by atoms with Gasteiger partial charge in [-0.25, -0.2) is 0 Å². The standard InChI is InChI=1S/C28H30N4O5/c1-2-7-22-24(30-36-25(22)19-8-4-3-5-9-19)27-29-26(31-37-27)20-13-11-18(12-14-20)23(33)17-32-15-6-10-21(16-32)28(34)35/h3-5,8-9,11-14,21,23,33H,2,6-7,10,15-17H2,1H3,(H,34,35)/t21-,23?/m0/s1. The van der Waals surface area contributed by atoms with Gasteiger partial charge in [0.2, 0.25) is 5.82 Å². The van der Waals surface area contributed by atoms with Crippen molar-refractivity contribution in [3.63, 3.8) is 0 Å². The Morgan fingerprint density at radius 1 is 1.08 bits per heavy atom. The highest BCUT2D eigenvalue weighted by Crippen LogP contribution is 2.33. The number of carbonyl (C=O) groups is 1. The number of likely N-dealkylation sites (tertiary alicyclic amines) is 1. The van der Waals surface area contributed by atoms with Gasteiger partial charge in [0.05, 0.1) is 12.0 Å². The van der Waals surface area contributed by atoms with E-state index in [-0.39, 0.29) is 5.92 Å². The maximum Gasteiger partial charge on any atom is 0.307 e. The second-order valence-electron chi connectivity index (χ2n) is 9.45. The molecule has 0 spiro atoms. The normalized spacial score (nSPS) is 17.1. The molecule has 2 atom stereocenters. The van der Waals surface area contributed by atoms with Gasteiger partial charge < -0.3 is 19.3 Å². The lowest BCUT2D eigenvalue weighted by atomic mass is 9.97. The first kappa shape index (κ1) is 24.9. The molecule has 37 heavy (non-hydrogen) atoms. The molecule has 1 saturated heterocycles. The van der Waals surface area contributed by atoms with E-state index in [0.29, 0.717) is 42.7 Å². The molecule has 2 aromatic heterocycles. The van der Waals surface area contributed by atoms with Gasteiger partial charge in [-0.15, -0.1) is 0 Å².